The lowest BCUT2D eigenvalue weighted by Crippen LogP contribution is -2.61. The van der Waals surface area contributed by atoms with Gasteiger partial charge in [0.2, 0.25) is 11.8 Å². The van der Waals surface area contributed by atoms with E-state index in [4.69, 9.17) is 4.74 Å². The van der Waals surface area contributed by atoms with Gasteiger partial charge in [0.1, 0.15) is 23.9 Å². The second-order valence-electron chi connectivity index (χ2n) is 10.8. The monoisotopic (exact) mass is 587 g/mol. The summed E-state index contributed by atoms with van der Waals surface area (Å²) in [4.78, 5) is 55.5. The Morgan fingerprint density at radius 3 is 2.05 bits per heavy atom. The highest BCUT2D eigenvalue weighted by atomic mass is 16.5. The van der Waals surface area contributed by atoms with Crippen molar-refractivity contribution in [2.45, 2.75) is 57.0 Å². The van der Waals surface area contributed by atoms with Gasteiger partial charge in [-0.25, -0.2) is 4.79 Å². The maximum atomic E-state index is 13.8. The van der Waals surface area contributed by atoms with Crippen molar-refractivity contribution in [3.63, 3.8) is 0 Å². The van der Waals surface area contributed by atoms with Crippen LogP contribution < -0.4 is 10.6 Å². The predicted molar refractivity (Wildman–Crippen MR) is 159 cm³/mol. The minimum absolute atomic E-state index is 0.0679. The van der Waals surface area contributed by atoms with E-state index in [2.05, 4.69) is 10.6 Å². The summed E-state index contributed by atoms with van der Waals surface area (Å²) in [5.74, 6) is -4.03. The molecule has 4 N–H and O–H groups in total. The third kappa shape index (κ3) is 7.58. The molecule has 6 atom stereocenters. The number of hydrogen-bond donors (Lipinski definition) is 4. The molecule has 0 bridgehead atoms. The van der Waals surface area contributed by atoms with Gasteiger partial charge in [0.25, 0.3) is 5.91 Å². The van der Waals surface area contributed by atoms with Gasteiger partial charge in [-0.05, 0) is 36.6 Å². The van der Waals surface area contributed by atoms with Crippen LogP contribution in [0.3, 0.4) is 0 Å². The van der Waals surface area contributed by atoms with Gasteiger partial charge >= 0.3 is 5.97 Å². The van der Waals surface area contributed by atoms with E-state index in [-0.39, 0.29) is 24.2 Å². The van der Waals surface area contributed by atoms with Crippen LogP contribution in [-0.2, 0) is 32.0 Å². The van der Waals surface area contributed by atoms with Crippen molar-refractivity contribution in [3.05, 3.63) is 102 Å². The van der Waals surface area contributed by atoms with Crippen LogP contribution in [0.15, 0.2) is 84.9 Å². The Bertz CT molecular complexity index is 1430. The van der Waals surface area contributed by atoms with Gasteiger partial charge in [-0.1, -0.05) is 79.7 Å². The second kappa shape index (κ2) is 14.0. The molecule has 1 saturated heterocycles. The summed E-state index contributed by atoms with van der Waals surface area (Å²) in [6.07, 6.45) is -2.20. The maximum Gasteiger partial charge on any atom is 0.329 e. The number of amides is 3. The average molecular weight is 588 g/mol. The van der Waals surface area contributed by atoms with E-state index in [1.54, 1.807) is 19.1 Å². The number of benzene rings is 3. The standard InChI is InChI=1S/C33H37N3O7/c1-20-29(38)25(18-22-12-6-4-7-13-22)34-31(40)28(35-30(39)24-16-10-11-17-27(24)37)21(2)43-33(42)26(36(3)32(20)41)19-23-14-8-5-9-15-23/h4-17,20-21,25-26,28-29,37-38H,18-19H2,1-3H3,(H,34,40)(H,35,39)/t20-,21-,25+,26?,28+,29+/m1/s1. The number of carbonyl (C=O) groups is 4. The van der Waals surface area contributed by atoms with Gasteiger partial charge in [0.15, 0.2) is 0 Å². The molecule has 3 aromatic carbocycles. The number of aliphatic hydroxyl groups excluding tert-OH is 1. The van der Waals surface area contributed by atoms with Crippen molar-refractivity contribution in [2.24, 2.45) is 5.92 Å². The summed E-state index contributed by atoms with van der Waals surface area (Å²) in [7, 11) is 1.49. The van der Waals surface area contributed by atoms with Crippen LogP contribution >= 0.6 is 0 Å². The van der Waals surface area contributed by atoms with E-state index >= 15 is 0 Å². The number of hydrogen-bond acceptors (Lipinski definition) is 7. The first-order chi connectivity index (χ1) is 20.6. The number of cyclic esters (lactones) is 1. The molecule has 10 heteroatoms. The highest BCUT2D eigenvalue weighted by molar-refractivity contribution is 6.00. The van der Waals surface area contributed by atoms with Crippen LogP contribution in [0.25, 0.3) is 0 Å². The molecule has 1 aliphatic rings. The molecule has 3 amide bonds. The molecular formula is C33H37N3O7. The van der Waals surface area contributed by atoms with E-state index in [0.29, 0.717) is 0 Å². The molecule has 3 aromatic rings. The van der Waals surface area contributed by atoms with Crippen molar-refractivity contribution in [1.29, 1.82) is 0 Å². The number of nitrogens with one attached hydrogen (secondary N) is 2. The summed E-state index contributed by atoms with van der Waals surface area (Å²) in [5.41, 5.74) is 1.52. The first kappa shape index (κ1) is 31.2. The van der Waals surface area contributed by atoms with Crippen LogP contribution in [-0.4, -0.2) is 76.2 Å². The van der Waals surface area contributed by atoms with Crippen LogP contribution in [0.4, 0.5) is 0 Å². The zero-order chi connectivity index (χ0) is 31.1. The fraction of sp³-hybridized carbons (Fsp3) is 0.333. The van der Waals surface area contributed by atoms with Gasteiger partial charge in [-0.2, -0.15) is 0 Å². The zero-order valence-electron chi connectivity index (χ0n) is 24.3. The molecule has 0 saturated carbocycles. The average Bonchev–Trinajstić information content (AvgIpc) is 3.01. The Labute approximate surface area is 250 Å². The number of esters is 1. The van der Waals surface area contributed by atoms with Gasteiger partial charge in [0.05, 0.1) is 23.6 Å². The molecule has 4 rings (SSSR count). The number of ether oxygens (including phenoxy) is 1. The molecule has 0 aliphatic carbocycles. The van der Waals surface area contributed by atoms with Crippen LogP contribution in [0.1, 0.15) is 35.3 Å². The van der Waals surface area contributed by atoms with E-state index in [0.717, 1.165) is 11.1 Å². The molecule has 1 heterocycles. The van der Waals surface area contributed by atoms with Gasteiger partial charge in [-0.15, -0.1) is 0 Å². The number of rotatable bonds is 6. The molecular weight excluding hydrogens is 550 g/mol. The quantitative estimate of drug-likeness (QED) is 0.324. The van der Waals surface area contributed by atoms with E-state index < -0.39 is 59.9 Å². The second-order valence-corrected chi connectivity index (χ2v) is 10.8. The number of aromatic hydroxyl groups is 1. The minimum Gasteiger partial charge on any atom is -0.507 e. The van der Waals surface area contributed by atoms with E-state index in [1.807, 2.05) is 60.7 Å². The predicted octanol–water partition coefficient (Wildman–Crippen LogP) is 2.23. The van der Waals surface area contributed by atoms with Crippen molar-refractivity contribution < 1.29 is 34.1 Å². The van der Waals surface area contributed by atoms with E-state index in [9.17, 15) is 29.4 Å². The summed E-state index contributed by atoms with van der Waals surface area (Å²) in [6.45, 7) is 3.01. The van der Waals surface area contributed by atoms with Crippen molar-refractivity contribution in [3.8, 4) is 5.75 Å². The maximum absolute atomic E-state index is 13.8. The van der Waals surface area contributed by atoms with Gasteiger partial charge < -0.3 is 30.5 Å². The number of para-hydroxylation sites is 1. The topological polar surface area (TPSA) is 145 Å². The molecule has 43 heavy (non-hydrogen) atoms. The van der Waals surface area contributed by atoms with Crippen molar-refractivity contribution in [2.75, 3.05) is 7.05 Å². The van der Waals surface area contributed by atoms with Crippen molar-refractivity contribution >= 4 is 23.7 Å². The lowest BCUT2D eigenvalue weighted by atomic mass is 9.90. The molecule has 226 valence electrons. The first-order valence-electron chi connectivity index (χ1n) is 14.2. The largest absolute Gasteiger partial charge is 0.507 e. The Kier molecular flexibility index (Phi) is 10.2. The fourth-order valence-corrected chi connectivity index (χ4v) is 5.19. The van der Waals surface area contributed by atoms with Gasteiger partial charge in [0, 0.05) is 13.5 Å². The Morgan fingerprint density at radius 2 is 1.44 bits per heavy atom. The molecule has 1 aliphatic heterocycles. The van der Waals surface area contributed by atoms with Gasteiger partial charge in [-0.3, -0.25) is 14.4 Å². The third-order valence-corrected chi connectivity index (χ3v) is 7.79. The Morgan fingerprint density at radius 1 is 0.884 bits per heavy atom. The fourth-order valence-electron chi connectivity index (χ4n) is 5.19. The van der Waals surface area contributed by atoms with Crippen LogP contribution in [0.5, 0.6) is 5.75 Å². The number of aliphatic hydroxyl groups is 1. The molecule has 1 unspecified atom stereocenters. The molecule has 0 spiro atoms. The zero-order valence-corrected chi connectivity index (χ0v) is 24.3. The number of nitrogens with zero attached hydrogens (tertiary/aromatic N) is 1. The molecule has 0 aromatic heterocycles. The Hall–Kier alpha value is -4.70. The SMILES string of the molecule is C[C@H]1OC(=O)C(Cc2ccccc2)N(C)C(=O)[C@H](C)[C@H](O)[C@H](Cc2ccccc2)NC(=O)[C@H]1NC(=O)c1ccccc1O. The lowest BCUT2D eigenvalue weighted by Gasteiger charge is -2.36. The minimum atomic E-state index is -1.39. The molecule has 1 fully saturated rings. The summed E-state index contributed by atoms with van der Waals surface area (Å²) in [6, 6.07) is 20.7. The normalized spacial score (nSPS) is 25.1. The van der Waals surface area contributed by atoms with Crippen LogP contribution in [0, 0.1) is 5.92 Å². The number of carbonyl (C=O) groups excluding carboxylic acids is 4. The van der Waals surface area contributed by atoms with Crippen molar-refractivity contribution in [1.82, 2.24) is 15.5 Å². The third-order valence-electron chi connectivity index (χ3n) is 7.79. The lowest BCUT2D eigenvalue weighted by molar-refractivity contribution is -0.163. The Balaban J connectivity index is 1.72. The summed E-state index contributed by atoms with van der Waals surface area (Å²) in [5, 5.41) is 27.1. The van der Waals surface area contributed by atoms with Crippen LogP contribution in [0.2, 0.25) is 0 Å². The molecule has 0 radical (unpaired) electrons. The first-order valence-corrected chi connectivity index (χ1v) is 14.2. The number of phenols is 1. The van der Waals surface area contributed by atoms with E-state index in [1.165, 1.54) is 31.0 Å². The number of phenolic OH excluding ortho intramolecular Hbond substituents is 1. The summed E-state index contributed by atoms with van der Waals surface area (Å²) < 4.78 is 5.76. The number of likely N-dealkylation sites (N-methyl/N-ethyl adjacent to an activating group) is 1. The summed E-state index contributed by atoms with van der Waals surface area (Å²) >= 11 is 0. The highest BCUT2D eigenvalue weighted by Gasteiger charge is 2.41. The highest BCUT2D eigenvalue weighted by Crippen LogP contribution is 2.21. The smallest absolute Gasteiger partial charge is 0.329 e. The molecule has 10 nitrogen and oxygen atoms in total.